The van der Waals surface area contributed by atoms with Crippen LogP contribution in [0.3, 0.4) is 0 Å². The minimum absolute atomic E-state index is 0.0331. The highest BCUT2D eigenvalue weighted by Gasteiger charge is 2.56. The molecule has 2 rings (SSSR count). The first-order valence-electron chi connectivity index (χ1n) is 5.64. The van der Waals surface area contributed by atoms with Crippen molar-refractivity contribution >= 4 is 0 Å². The lowest BCUT2D eigenvalue weighted by molar-refractivity contribution is 0.339. The first kappa shape index (κ1) is 12.0. The first-order chi connectivity index (χ1) is 7.93. The Morgan fingerprint density at radius 1 is 1.18 bits per heavy atom. The van der Waals surface area contributed by atoms with E-state index in [0.717, 1.165) is 5.56 Å². The standard InChI is InChI=1S/C13H19NO3/c1-13(2)10(12(13)14)7-5-8(16-3)11(15)9(6-7)17-4/h5-6,10,12,15H,14H2,1-4H3/t10-,12-/m0/s1. The van der Waals surface area contributed by atoms with Gasteiger partial charge in [0.1, 0.15) is 0 Å². The Morgan fingerprint density at radius 3 is 1.88 bits per heavy atom. The van der Waals surface area contributed by atoms with Crippen molar-refractivity contribution in [3.63, 3.8) is 0 Å². The second kappa shape index (κ2) is 3.81. The molecule has 1 aliphatic rings. The largest absolute Gasteiger partial charge is 0.502 e. The molecule has 3 N–H and O–H groups in total. The van der Waals surface area contributed by atoms with Gasteiger partial charge in [0.25, 0.3) is 0 Å². The molecule has 17 heavy (non-hydrogen) atoms. The van der Waals surface area contributed by atoms with Crippen LogP contribution in [0.1, 0.15) is 25.3 Å². The molecule has 1 fully saturated rings. The molecular formula is C13H19NO3. The Hall–Kier alpha value is -1.42. The number of hydrogen-bond acceptors (Lipinski definition) is 4. The molecule has 0 bridgehead atoms. The van der Waals surface area contributed by atoms with Gasteiger partial charge in [-0.15, -0.1) is 0 Å². The maximum atomic E-state index is 9.83. The fourth-order valence-corrected chi connectivity index (χ4v) is 2.41. The van der Waals surface area contributed by atoms with Crippen molar-refractivity contribution in [2.75, 3.05) is 14.2 Å². The fourth-order valence-electron chi connectivity index (χ4n) is 2.41. The van der Waals surface area contributed by atoms with Crippen LogP contribution >= 0.6 is 0 Å². The Bertz CT molecular complexity index is 417. The van der Waals surface area contributed by atoms with E-state index in [1.807, 2.05) is 12.1 Å². The van der Waals surface area contributed by atoms with Gasteiger partial charge in [-0.05, 0) is 23.1 Å². The summed E-state index contributed by atoms with van der Waals surface area (Å²) in [5.74, 6) is 1.17. The maximum absolute atomic E-state index is 9.83. The highest BCUT2D eigenvalue weighted by Crippen LogP contribution is 2.58. The van der Waals surface area contributed by atoms with Crippen molar-refractivity contribution in [1.29, 1.82) is 0 Å². The van der Waals surface area contributed by atoms with Crippen LogP contribution in [0, 0.1) is 5.41 Å². The molecule has 0 saturated heterocycles. The molecule has 1 saturated carbocycles. The van der Waals surface area contributed by atoms with Gasteiger partial charge in [-0.25, -0.2) is 0 Å². The molecule has 0 aromatic heterocycles. The van der Waals surface area contributed by atoms with Crippen LogP contribution in [0.5, 0.6) is 17.2 Å². The number of phenolic OH excluding ortho intramolecular Hbond substituents is 1. The molecule has 1 aliphatic carbocycles. The van der Waals surface area contributed by atoms with Gasteiger partial charge in [0.15, 0.2) is 11.5 Å². The Labute approximate surface area is 101 Å². The van der Waals surface area contributed by atoms with Gasteiger partial charge in [0.2, 0.25) is 5.75 Å². The molecule has 0 heterocycles. The number of phenols is 1. The Morgan fingerprint density at radius 2 is 1.59 bits per heavy atom. The molecule has 0 radical (unpaired) electrons. The topological polar surface area (TPSA) is 64.7 Å². The number of benzene rings is 1. The molecule has 4 nitrogen and oxygen atoms in total. The van der Waals surface area contributed by atoms with E-state index in [9.17, 15) is 5.11 Å². The van der Waals surface area contributed by atoms with E-state index in [1.165, 1.54) is 14.2 Å². The molecule has 0 amide bonds. The predicted octanol–water partition coefficient (Wildman–Crippen LogP) is 1.86. The average Bonchev–Trinajstić information content (AvgIpc) is 2.79. The van der Waals surface area contributed by atoms with Gasteiger partial charge in [0, 0.05) is 12.0 Å². The van der Waals surface area contributed by atoms with Gasteiger partial charge in [-0.3, -0.25) is 0 Å². The van der Waals surface area contributed by atoms with Gasteiger partial charge < -0.3 is 20.3 Å². The molecule has 4 heteroatoms. The Kier molecular flexibility index (Phi) is 2.70. The quantitative estimate of drug-likeness (QED) is 0.842. The van der Waals surface area contributed by atoms with Crippen LogP contribution in [0.25, 0.3) is 0 Å². The van der Waals surface area contributed by atoms with Crippen LogP contribution in [0.15, 0.2) is 12.1 Å². The smallest absolute Gasteiger partial charge is 0.200 e. The molecule has 94 valence electrons. The van der Waals surface area contributed by atoms with Crippen molar-refractivity contribution < 1.29 is 14.6 Å². The third-order valence-corrected chi connectivity index (χ3v) is 3.77. The number of nitrogens with two attached hydrogens (primary N) is 1. The minimum atomic E-state index is 0.0331. The summed E-state index contributed by atoms with van der Waals surface area (Å²) in [5, 5.41) is 9.83. The van der Waals surface area contributed by atoms with Gasteiger partial charge in [-0.1, -0.05) is 13.8 Å². The SMILES string of the molecule is COc1cc([C@H]2[C@H](N)C2(C)C)cc(OC)c1O. The number of rotatable bonds is 3. The van der Waals surface area contributed by atoms with Crippen LogP contribution in [-0.2, 0) is 0 Å². The van der Waals surface area contributed by atoms with Crippen LogP contribution < -0.4 is 15.2 Å². The summed E-state index contributed by atoms with van der Waals surface area (Å²) in [6.45, 7) is 4.27. The summed E-state index contributed by atoms with van der Waals surface area (Å²) in [4.78, 5) is 0. The highest BCUT2D eigenvalue weighted by atomic mass is 16.5. The van der Waals surface area contributed by atoms with Crippen molar-refractivity contribution in [3.8, 4) is 17.2 Å². The van der Waals surface area contributed by atoms with E-state index in [1.54, 1.807) is 0 Å². The molecular weight excluding hydrogens is 218 g/mol. The average molecular weight is 237 g/mol. The first-order valence-corrected chi connectivity index (χ1v) is 5.64. The second-order valence-electron chi connectivity index (χ2n) is 5.10. The minimum Gasteiger partial charge on any atom is -0.502 e. The lowest BCUT2D eigenvalue weighted by atomic mass is 10.0. The zero-order valence-electron chi connectivity index (χ0n) is 10.7. The summed E-state index contributed by atoms with van der Waals surface area (Å²) in [6, 6.07) is 3.80. The summed E-state index contributed by atoms with van der Waals surface area (Å²) in [7, 11) is 3.05. The van der Waals surface area contributed by atoms with E-state index >= 15 is 0 Å². The maximum Gasteiger partial charge on any atom is 0.200 e. The van der Waals surface area contributed by atoms with Crippen molar-refractivity contribution in [1.82, 2.24) is 0 Å². The van der Waals surface area contributed by atoms with Crippen LogP contribution in [0.2, 0.25) is 0 Å². The number of aromatic hydroxyl groups is 1. The summed E-state index contributed by atoms with van der Waals surface area (Å²) in [5.41, 5.74) is 7.19. The normalized spacial score (nSPS) is 25.5. The zero-order chi connectivity index (χ0) is 12.8. The molecule has 1 aromatic rings. The number of hydrogen-bond donors (Lipinski definition) is 2. The number of methoxy groups -OCH3 is 2. The lowest BCUT2D eigenvalue weighted by Crippen LogP contribution is -2.06. The van der Waals surface area contributed by atoms with Gasteiger partial charge in [-0.2, -0.15) is 0 Å². The second-order valence-corrected chi connectivity index (χ2v) is 5.10. The van der Waals surface area contributed by atoms with E-state index in [0.29, 0.717) is 11.5 Å². The molecule has 1 aromatic carbocycles. The summed E-state index contributed by atoms with van der Waals surface area (Å²) in [6.07, 6.45) is 0. The summed E-state index contributed by atoms with van der Waals surface area (Å²) >= 11 is 0. The zero-order valence-corrected chi connectivity index (χ0v) is 10.7. The molecule has 0 spiro atoms. The predicted molar refractivity (Wildman–Crippen MR) is 65.7 cm³/mol. The van der Waals surface area contributed by atoms with Crippen molar-refractivity contribution in [2.24, 2.45) is 11.1 Å². The molecule has 0 aliphatic heterocycles. The van der Waals surface area contributed by atoms with Crippen LogP contribution in [0.4, 0.5) is 0 Å². The van der Waals surface area contributed by atoms with E-state index in [2.05, 4.69) is 13.8 Å². The lowest BCUT2D eigenvalue weighted by Gasteiger charge is -2.11. The molecule has 0 unspecified atom stereocenters. The number of ether oxygens (including phenoxy) is 2. The van der Waals surface area contributed by atoms with Gasteiger partial charge >= 0.3 is 0 Å². The van der Waals surface area contributed by atoms with E-state index in [-0.39, 0.29) is 23.1 Å². The van der Waals surface area contributed by atoms with E-state index in [4.69, 9.17) is 15.2 Å². The monoisotopic (exact) mass is 237 g/mol. The van der Waals surface area contributed by atoms with Crippen molar-refractivity contribution in [3.05, 3.63) is 17.7 Å². The fraction of sp³-hybridized carbons (Fsp3) is 0.538. The van der Waals surface area contributed by atoms with E-state index < -0.39 is 0 Å². The van der Waals surface area contributed by atoms with Crippen molar-refractivity contribution in [2.45, 2.75) is 25.8 Å². The summed E-state index contributed by atoms with van der Waals surface area (Å²) < 4.78 is 10.3. The van der Waals surface area contributed by atoms with Gasteiger partial charge in [0.05, 0.1) is 14.2 Å². The Balaban J connectivity index is 2.43. The third-order valence-electron chi connectivity index (χ3n) is 3.77. The van der Waals surface area contributed by atoms with Crippen LogP contribution in [-0.4, -0.2) is 25.4 Å². The highest BCUT2D eigenvalue weighted by molar-refractivity contribution is 5.55. The molecule has 2 atom stereocenters. The third kappa shape index (κ3) is 1.72.